The maximum Gasteiger partial charge on any atom is 0.269 e. The molecule has 1 amide bonds. The SMILES string of the molecule is O=C(NNC(=S)NC(c1ccco1)c1c(O)ccc2ccccc12)c1ccccc1. The predicted octanol–water partition coefficient (Wildman–Crippen LogP) is 4.04. The van der Waals surface area contributed by atoms with Crippen LogP contribution in [0, 0.1) is 0 Å². The summed E-state index contributed by atoms with van der Waals surface area (Å²) >= 11 is 5.38. The number of hydrazine groups is 1. The Hall–Kier alpha value is -3.84. The van der Waals surface area contributed by atoms with Crippen LogP contribution in [0.15, 0.2) is 89.5 Å². The first-order valence-corrected chi connectivity index (χ1v) is 9.70. The molecule has 0 saturated heterocycles. The molecule has 0 saturated carbocycles. The lowest BCUT2D eigenvalue weighted by atomic mass is 9.96. The maximum absolute atomic E-state index is 12.2. The molecule has 1 unspecified atom stereocenters. The van der Waals surface area contributed by atoms with Crippen LogP contribution in [0.3, 0.4) is 0 Å². The summed E-state index contributed by atoms with van der Waals surface area (Å²) in [4.78, 5) is 12.2. The second-order valence-corrected chi connectivity index (χ2v) is 6.99. The first-order valence-electron chi connectivity index (χ1n) is 9.29. The van der Waals surface area contributed by atoms with E-state index in [1.807, 2.05) is 36.4 Å². The molecule has 4 rings (SSSR count). The minimum Gasteiger partial charge on any atom is -0.508 e. The van der Waals surface area contributed by atoms with E-state index in [0.717, 1.165) is 10.8 Å². The van der Waals surface area contributed by atoms with Crippen molar-refractivity contribution in [2.75, 3.05) is 0 Å². The van der Waals surface area contributed by atoms with E-state index in [1.54, 1.807) is 48.7 Å². The van der Waals surface area contributed by atoms with Gasteiger partial charge in [-0.3, -0.25) is 15.6 Å². The fraction of sp³-hybridized carbons (Fsp3) is 0.0435. The van der Waals surface area contributed by atoms with Gasteiger partial charge in [0, 0.05) is 11.1 Å². The average molecular weight is 417 g/mol. The Bertz CT molecular complexity index is 1180. The molecule has 4 N–H and O–H groups in total. The van der Waals surface area contributed by atoms with Crippen molar-refractivity contribution in [3.05, 3.63) is 102 Å². The standard InChI is InChI=1S/C23H19N3O3S/c27-18-13-12-15-7-4-5-10-17(15)20(18)21(19-11-6-14-29-19)24-23(30)26-25-22(28)16-8-2-1-3-9-16/h1-14,21,27H,(H,25,28)(H2,24,26,30). The van der Waals surface area contributed by atoms with Crippen molar-refractivity contribution in [2.24, 2.45) is 0 Å². The normalized spacial score (nSPS) is 11.6. The number of aromatic hydroxyl groups is 1. The second-order valence-electron chi connectivity index (χ2n) is 6.59. The monoisotopic (exact) mass is 417 g/mol. The molecule has 7 heteroatoms. The van der Waals surface area contributed by atoms with Crippen LogP contribution in [-0.2, 0) is 0 Å². The molecule has 0 aliphatic carbocycles. The van der Waals surface area contributed by atoms with Crippen LogP contribution < -0.4 is 16.2 Å². The summed E-state index contributed by atoms with van der Waals surface area (Å²) in [7, 11) is 0. The van der Waals surface area contributed by atoms with Crippen molar-refractivity contribution < 1.29 is 14.3 Å². The van der Waals surface area contributed by atoms with Gasteiger partial charge < -0.3 is 14.8 Å². The summed E-state index contributed by atoms with van der Waals surface area (Å²) in [5.41, 5.74) is 6.40. The van der Waals surface area contributed by atoms with E-state index in [-0.39, 0.29) is 16.8 Å². The number of hydrogen-bond donors (Lipinski definition) is 4. The van der Waals surface area contributed by atoms with Crippen LogP contribution >= 0.6 is 12.2 Å². The lowest BCUT2D eigenvalue weighted by Crippen LogP contribution is -2.47. The van der Waals surface area contributed by atoms with Crippen molar-refractivity contribution >= 4 is 34.0 Å². The third kappa shape index (κ3) is 4.11. The van der Waals surface area contributed by atoms with Crippen LogP contribution in [-0.4, -0.2) is 16.1 Å². The van der Waals surface area contributed by atoms with Gasteiger partial charge in [0.2, 0.25) is 0 Å². The zero-order valence-electron chi connectivity index (χ0n) is 15.8. The van der Waals surface area contributed by atoms with E-state index in [1.165, 1.54) is 0 Å². The lowest BCUT2D eigenvalue weighted by molar-refractivity contribution is 0.0943. The Kier molecular flexibility index (Phi) is 5.63. The van der Waals surface area contributed by atoms with Gasteiger partial charge >= 0.3 is 0 Å². The van der Waals surface area contributed by atoms with Gasteiger partial charge in [0.15, 0.2) is 5.11 Å². The molecule has 4 aromatic rings. The molecule has 6 nitrogen and oxygen atoms in total. The summed E-state index contributed by atoms with van der Waals surface area (Å²) in [5, 5.41) is 15.8. The number of nitrogens with one attached hydrogen (secondary N) is 3. The highest BCUT2D eigenvalue weighted by Gasteiger charge is 2.23. The highest BCUT2D eigenvalue weighted by Crippen LogP contribution is 2.35. The predicted molar refractivity (Wildman–Crippen MR) is 119 cm³/mol. The Morgan fingerprint density at radius 3 is 2.43 bits per heavy atom. The molecule has 0 bridgehead atoms. The minimum absolute atomic E-state index is 0.110. The third-order valence-electron chi connectivity index (χ3n) is 4.67. The lowest BCUT2D eigenvalue weighted by Gasteiger charge is -2.22. The van der Waals surface area contributed by atoms with E-state index in [4.69, 9.17) is 16.6 Å². The highest BCUT2D eigenvalue weighted by molar-refractivity contribution is 7.80. The topological polar surface area (TPSA) is 86.5 Å². The zero-order valence-corrected chi connectivity index (χ0v) is 16.6. The van der Waals surface area contributed by atoms with Crippen LogP contribution in [0.2, 0.25) is 0 Å². The molecule has 3 aromatic carbocycles. The van der Waals surface area contributed by atoms with Crippen molar-refractivity contribution in [3.63, 3.8) is 0 Å². The quantitative estimate of drug-likeness (QED) is 0.296. The molecule has 30 heavy (non-hydrogen) atoms. The van der Waals surface area contributed by atoms with Crippen molar-refractivity contribution in [1.82, 2.24) is 16.2 Å². The number of carbonyl (C=O) groups excluding carboxylic acids is 1. The number of thiocarbonyl (C=S) groups is 1. The van der Waals surface area contributed by atoms with Gasteiger partial charge in [0.25, 0.3) is 5.91 Å². The van der Waals surface area contributed by atoms with Gasteiger partial charge in [-0.05, 0) is 53.3 Å². The highest BCUT2D eigenvalue weighted by atomic mass is 32.1. The molecule has 0 radical (unpaired) electrons. The Labute approximate surface area is 178 Å². The fourth-order valence-corrected chi connectivity index (χ4v) is 3.44. The maximum atomic E-state index is 12.2. The number of hydrogen-bond acceptors (Lipinski definition) is 4. The molecule has 0 aliphatic heterocycles. The van der Waals surface area contributed by atoms with Crippen LogP contribution in [0.25, 0.3) is 10.8 Å². The Morgan fingerprint density at radius 1 is 0.900 bits per heavy atom. The van der Waals surface area contributed by atoms with E-state index in [0.29, 0.717) is 16.9 Å². The van der Waals surface area contributed by atoms with E-state index in [2.05, 4.69) is 16.2 Å². The molecule has 1 atom stereocenters. The van der Waals surface area contributed by atoms with E-state index in [9.17, 15) is 9.90 Å². The Balaban J connectivity index is 1.58. The number of furan rings is 1. The first kappa shape index (κ1) is 19.5. The summed E-state index contributed by atoms with van der Waals surface area (Å²) in [5.74, 6) is 0.362. The average Bonchev–Trinajstić information content (AvgIpc) is 3.31. The summed E-state index contributed by atoms with van der Waals surface area (Å²) in [6.07, 6.45) is 1.56. The Morgan fingerprint density at radius 2 is 1.67 bits per heavy atom. The van der Waals surface area contributed by atoms with Gasteiger partial charge in [-0.15, -0.1) is 0 Å². The number of fused-ring (bicyclic) bond motifs is 1. The molecule has 0 fully saturated rings. The van der Waals surface area contributed by atoms with E-state index < -0.39 is 6.04 Å². The number of phenols is 1. The first-order chi connectivity index (χ1) is 14.6. The second kappa shape index (κ2) is 8.67. The summed E-state index contributed by atoms with van der Waals surface area (Å²) in [6.45, 7) is 0. The zero-order chi connectivity index (χ0) is 20.9. The molecule has 0 aliphatic rings. The summed E-state index contributed by atoms with van der Waals surface area (Å²) in [6, 6.07) is 23.0. The molecule has 1 aromatic heterocycles. The van der Waals surface area contributed by atoms with E-state index >= 15 is 0 Å². The fourth-order valence-electron chi connectivity index (χ4n) is 3.27. The number of phenolic OH excluding ortho intramolecular Hbond substituents is 1. The van der Waals surface area contributed by atoms with Crippen LogP contribution in [0.4, 0.5) is 0 Å². The van der Waals surface area contributed by atoms with Crippen LogP contribution in [0.5, 0.6) is 5.75 Å². The number of amides is 1. The van der Waals surface area contributed by atoms with Gasteiger partial charge in [0.1, 0.15) is 17.6 Å². The molecule has 150 valence electrons. The number of rotatable bonds is 4. The smallest absolute Gasteiger partial charge is 0.269 e. The molecule has 0 spiro atoms. The van der Waals surface area contributed by atoms with Crippen LogP contribution in [0.1, 0.15) is 27.7 Å². The third-order valence-corrected chi connectivity index (χ3v) is 4.88. The molecular formula is C23H19N3O3S. The van der Waals surface area contributed by atoms with Gasteiger partial charge in [-0.2, -0.15) is 0 Å². The van der Waals surface area contributed by atoms with Gasteiger partial charge in [0.05, 0.1) is 6.26 Å². The summed E-state index contributed by atoms with van der Waals surface area (Å²) < 4.78 is 5.60. The van der Waals surface area contributed by atoms with Crippen molar-refractivity contribution in [2.45, 2.75) is 6.04 Å². The molecular weight excluding hydrogens is 398 g/mol. The largest absolute Gasteiger partial charge is 0.508 e. The van der Waals surface area contributed by atoms with Crippen molar-refractivity contribution in [1.29, 1.82) is 0 Å². The molecule has 1 heterocycles. The van der Waals surface area contributed by atoms with Crippen molar-refractivity contribution in [3.8, 4) is 5.75 Å². The number of benzene rings is 3. The van der Waals surface area contributed by atoms with Gasteiger partial charge in [-0.1, -0.05) is 48.5 Å². The minimum atomic E-state index is -0.570. The van der Waals surface area contributed by atoms with Gasteiger partial charge in [-0.25, -0.2) is 0 Å². The number of carbonyl (C=O) groups is 1.